The molecule has 9 nitrogen and oxygen atoms in total. The zero-order valence-corrected chi connectivity index (χ0v) is 15.7. The number of aliphatic imine (C=N–C) groups is 2. The molecule has 2 amide bonds. The molecule has 5 N–H and O–H groups in total. The van der Waals surface area contributed by atoms with Crippen molar-refractivity contribution in [3.63, 3.8) is 0 Å². The SMILES string of the molecule is NC(=O)c1cnc(N[C@@H]2CCCC[C@@H]2N)nc1N=C1C=CC2=NC(=O)C=CC2=C1. The van der Waals surface area contributed by atoms with Gasteiger partial charge in [-0.1, -0.05) is 12.8 Å². The van der Waals surface area contributed by atoms with Crippen molar-refractivity contribution in [1.29, 1.82) is 0 Å². The van der Waals surface area contributed by atoms with E-state index in [1.165, 1.54) is 12.3 Å². The summed E-state index contributed by atoms with van der Waals surface area (Å²) in [6.07, 6.45) is 13.7. The van der Waals surface area contributed by atoms with Crippen molar-refractivity contribution in [3.8, 4) is 0 Å². The quantitative estimate of drug-likeness (QED) is 0.660. The van der Waals surface area contributed by atoms with Gasteiger partial charge < -0.3 is 16.8 Å². The molecule has 0 aromatic carbocycles. The second-order valence-corrected chi connectivity index (χ2v) is 7.13. The van der Waals surface area contributed by atoms with Crippen molar-refractivity contribution in [2.45, 2.75) is 37.8 Å². The predicted octanol–water partition coefficient (Wildman–Crippen LogP) is 1.36. The van der Waals surface area contributed by atoms with E-state index >= 15 is 0 Å². The van der Waals surface area contributed by atoms with Gasteiger partial charge in [0.25, 0.3) is 11.8 Å². The number of hydrogen-bond donors (Lipinski definition) is 3. The third-order valence-corrected chi connectivity index (χ3v) is 5.05. The molecule has 4 rings (SSSR count). The predicted molar refractivity (Wildman–Crippen MR) is 110 cm³/mol. The summed E-state index contributed by atoms with van der Waals surface area (Å²) in [7, 11) is 0. The second kappa shape index (κ2) is 7.88. The average Bonchev–Trinajstić information content (AvgIpc) is 2.70. The maximum Gasteiger partial charge on any atom is 0.270 e. The van der Waals surface area contributed by atoms with E-state index < -0.39 is 5.91 Å². The molecule has 1 saturated carbocycles. The molecular formula is C20H21N7O2. The second-order valence-electron chi connectivity index (χ2n) is 7.13. The number of carbonyl (C=O) groups is 2. The fourth-order valence-electron chi connectivity index (χ4n) is 3.49. The van der Waals surface area contributed by atoms with E-state index in [0.29, 0.717) is 17.4 Å². The van der Waals surface area contributed by atoms with E-state index in [9.17, 15) is 9.59 Å². The Kier molecular flexibility index (Phi) is 5.13. The van der Waals surface area contributed by atoms with E-state index in [1.54, 1.807) is 24.3 Å². The van der Waals surface area contributed by atoms with Gasteiger partial charge in [0, 0.05) is 29.9 Å². The zero-order valence-electron chi connectivity index (χ0n) is 15.7. The summed E-state index contributed by atoms with van der Waals surface area (Å²) < 4.78 is 0. The van der Waals surface area contributed by atoms with E-state index in [1.807, 2.05) is 0 Å². The number of aromatic nitrogens is 2. The molecule has 2 aliphatic carbocycles. The van der Waals surface area contributed by atoms with Crippen LogP contribution in [0.5, 0.6) is 0 Å². The van der Waals surface area contributed by atoms with Crippen molar-refractivity contribution in [2.24, 2.45) is 21.5 Å². The molecule has 0 radical (unpaired) electrons. The molecule has 1 aromatic heterocycles. The van der Waals surface area contributed by atoms with Crippen LogP contribution in [0.4, 0.5) is 11.8 Å². The third-order valence-electron chi connectivity index (χ3n) is 5.05. The highest BCUT2D eigenvalue weighted by atomic mass is 16.1. The summed E-state index contributed by atoms with van der Waals surface area (Å²) in [5, 5.41) is 3.25. The van der Waals surface area contributed by atoms with Gasteiger partial charge in [0.15, 0.2) is 5.82 Å². The number of amides is 2. The number of rotatable bonds is 4. The Morgan fingerprint density at radius 1 is 1.17 bits per heavy atom. The van der Waals surface area contributed by atoms with Crippen molar-refractivity contribution in [3.05, 3.63) is 47.7 Å². The lowest BCUT2D eigenvalue weighted by Gasteiger charge is -2.29. The Bertz CT molecular complexity index is 1020. The summed E-state index contributed by atoms with van der Waals surface area (Å²) in [5.74, 6) is -0.435. The summed E-state index contributed by atoms with van der Waals surface area (Å²) in [5.41, 5.74) is 13.7. The minimum Gasteiger partial charge on any atom is -0.365 e. The normalized spacial score (nSPS) is 24.7. The number of anilines is 1. The van der Waals surface area contributed by atoms with Gasteiger partial charge in [-0.05, 0) is 37.1 Å². The number of fused-ring (bicyclic) bond motifs is 1. The lowest BCUT2D eigenvalue weighted by Crippen LogP contribution is -2.43. The van der Waals surface area contributed by atoms with Crippen LogP contribution in [-0.2, 0) is 4.79 Å². The summed E-state index contributed by atoms with van der Waals surface area (Å²) in [6.45, 7) is 0. The molecule has 0 bridgehead atoms. The first kappa shape index (κ1) is 18.9. The summed E-state index contributed by atoms with van der Waals surface area (Å²) >= 11 is 0. The van der Waals surface area contributed by atoms with Crippen LogP contribution in [0.25, 0.3) is 0 Å². The molecule has 2 heterocycles. The van der Waals surface area contributed by atoms with Crippen LogP contribution in [0, 0.1) is 0 Å². The number of carbonyl (C=O) groups excluding carboxylic acids is 2. The molecule has 1 fully saturated rings. The van der Waals surface area contributed by atoms with Crippen LogP contribution in [0.2, 0.25) is 0 Å². The van der Waals surface area contributed by atoms with Crippen molar-refractivity contribution < 1.29 is 9.59 Å². The Hall–Kier alpha value is -3.46. The first-order valence-electron chi connectivity index (χ1n) is 9.48. The van der Waals surface area contributed by atoms with Crippen LogP contribution >= 0.6 is 0 Å². The average molecular weight is 391 g/mol. The highest BCUT2D eigenvalue weighted by Crippen LogP contribution is 2.23. The van der Waals surface area contributed by atoms with Gasteiger partial charge >= 0.3 is 0 Å². The molecule has 148 valence electrons. The molecule has 9 heteroatoms. The number of nitrogens with one attached hydrogen (secondary N) is 1. The van der Waals surface area contributed by atoms with Crippen molar-refractivity contribution in [2.75, 3.05) is 5.32 Å². The molecule has 0 spiro atoms. The molecule has 29 heavy (non-hydrogen) atoms. The third kappa shape index (κ3) is 4.19. The van der Waals surface area contributed by atoms with Gasteiger partial charge in [0.1, 0.15) is 5.56 Å². The number of allylic oxidation sites excluding steroid dienone is 5. The lowest BCUT2D eigenvalue weighted by molar-refractivity contribution is -0.113. The molecule has 1 aromatic rings. The number of nitrogens with zero attached hydrogens (tertiary/aromatic N) is 4. The van der Waals surface area contributed by atoms with Gasteiger partial charge in [-0.2, -0.15) is 4.98 Å². The summed E-state index contributed by atoms with van der Waals surface area (Å²) in [4.78, 5) is 40.2. The van der Waals surface area contributed by atoms with Gasteiger partial charge in [0.05, 0.1) is 11.4 Å². The number of hydrogen-bond acceptors (Lipinski definition) is 7. The largest absolute Gasteiger partial charge is 0.365 e. The lowest BCUT2D eigenvalue weighted by atomic mass is 9.91. The van der Waals surface area contributed by atoms with Gasteiger partial charge in [-0.3, -0.25) is 9.59 Å². The minimum atomic E-state index is -0.664. The topological polar surface area (TPSA) is 149 Å². The zero-order chi connectivity index (χ0) is 20.4. The van der Waals surface area contributed by atoms with Crippen LogP contribution in [0.15, 0.2) is 52.1 Å². The van der Waals surface area contributed by atoms with Crippen LogP contribution < -0.4 is 16.8 Å². The fourth-order valence-corrected chi connectivity index (χ4v) is 3.49. The molecule has 0 unspecified atom stereocenters. The smallest absolute Gasteiger partial charge is 0.270 e. The molecule has 1 aliphatic heterocycles. The Balaban J connectivity index is 1.64. The highest BCUT2D eigenvalue weighted by Gasteiger charge is 2.23. The van der Waals surface area contributed by atoms with Gasteiger partial charge in [-0.15, -0.1) is 0 Å². The minimum absolute atomic E-state index is 0.0300. The standard InChI is InChI=1S/C20H21N7O2/c21-14-3-1-2-4-16(14)26-20-23-10-13(18(22)29)19(27-20)24-12-6-7-15-11(9-12)5-8-17(28)25-15/h5-10,14,16H,1-4,21H2,(H2,22,29)(H,23,26,27)/t14-,16+/m0/s1. The maximum absolute atomic E-state index is 11.8. The number of primary amides is 1. The monoisotopic (exact) mass is 391 g/mol. The molecular weight excluding hydrogens is 370 g/mol. The Labute approximate surface area is 167 Å². The molecule has 0 saturated heterocycles. The van der Waals surface area contributed by atoms with Crippen LogP contribution in [-0.4, -0.2) is 45.3 Å². The number of dihydropyridines is 1. The van der Waals surface area contributed by atoms with E-state index in [0.717, 1.165) is 31.3 Å². The van der Waals surface area contributed by atoms with Gasteiger partial charge in [0.2, 0.25) is 5.95 Å². The van der Waals surface area contributed by atoms with E-state index in [-0.39, 0.29) is 29.4 Å². The van der Waals surface area contributed by atoms with Gasteiger partial charge in [-0.25, -0.2) is 15.0 Å². The number of nitrogens with two attached hydrogens (primary N) is 2. The fraction of sp³-hybridized carbons (Fsp3) is 0.300. The highest BCUT2D eigenvalue weighted by molar-refractivity contribution is 6.26. The van der Waals surface area contributed by atoms with Crippen molar-refractivity contribution in [1.82, 2.24) is 9.97 Å². The Morgan fingerprint density at radius 3 is 2.79 bits per heavy atom. The van der Waals surface area contributed by atoms with Crippen LogP contribution in [0.1, 0.15) is 36.0 Å². The first-order valence-corrected chi connectivity index (χ1v) is 9.48. The maximum atomic E-state index is 11.8. The molecule has 2 atom stereocenters. The van der Waals surface area contributed by atoms with Crippen molar-refractivity contribution >= 4 is 35.0 Å². The summed E-state index contributed by atoms with van der Waals surface area (Å²) in [6, 6.07) is 0.103. The Morgan fingerprint density at radius 2 is 2.00 bits per heavy atom. The van der Waals surface area contributed by atoms with E-state index in [2.05, 4.69) is 25.3 Å². The molecule has 3 aliphatic rings. The first-order chi connectivity index (χ1) is 14.0. The van der Waals surface area contributed by atoms with E-state index in [4.69, 9.17) is 11.5 Å². The van der Waals surface area contributed by atoms with Crippen LogP contribution in [0.3, 0.4) is 0 Å².